The van der Waals surface area contributed by atoms with Crippen LogP contribution in [0.15, 0.2) is 84.3 Å². The molecule has 0 radical (unpaired) electrons. The monoisotopic (exact) mass is 378 g/mol. The van der Waals surface area contributed by atoms with Crippen molar-refractivity contribution >= 4 is 20.8 Å². The second kappa shape index (κ2) is 6.94. The van der Waals surface area contributed by atoms with E-state index in [1.165, 1.54) is 6.33 Å². The van der Waals surface area contributed by atoms with E-state index >= 15 is 0 Å². The highest BCUT2D eigenvalue weighted by Crippen LogP contribution is 2.22. The second-order valence-corrected chi connectivity index (χ2v) is 8.00. The molecule has 1 aromatic heterocycles. The topological polar surface area (TPSA) is 76.9 Å². The Morgan fingerprint density at radius 1 is 0.963 bits per heavy atom. The van der Waals surface area contributed by atoms with Crippen molar-refractivity contribution in [3.63, 3.8) is 0 Å². The zero-order valence-corrected chi connectivity index (χ0v) is 15.5. The lowest BCUT2D eigenvalue weighted by molar-refractivity contribution is 0.567. The molecule has 0 aliphatic heterocycles. The molecule has 0 spiro atoms. The Labute approximate surface area is 157 Å². The highest BCUT2D eigenvalue weighted by molar-refractivity contribution is 7.89. The lowest BCUT2D eigenvalue weighted by atomic mass is 10.1. The van der Waals surface area contributed by atoms with Gasteiger partial charge in [-0.05, 0) is 47.5 Å². The Morgan fingerprint density at radius 2 is 1.70 bits per heavy atom. The Balaban J connectivity index is 1.56. The van der Waals surface area contributed by atoms with E-state index < -0.39 is 10.0 Å². The van der Waals surface area contributed by atoms with Gasteiger partial charge in [-0.3, -0.25) is 0 Å². The van der Waals surface area contributed by atoms with Crippen LogP contribution in [0.4, 0.5) is 0 Å². The van der Waals surface area contributed by atoms with Gasteiger partial charge in [0, 0.05) is 6.04 Å². The van der Waals surface area contributed by atoms with Crippen molar-refractivity contribution in [1.82, 2.24) is 19.5 Å². The Morgan fingerprint density at radius 3 is 2.41 bits per heavy atom. The van der Waals surface area contributed by atoms with E-state index in [0.717, 1.165) is 22.0 Å². The van der Waals surface area contributed by atoms with Gasteiger partial charge in [0.05, 0.1) is 10.6 Å². The molecule has 0 saturated carbocycles. The maximum Gasteiger partial charge on any atom is 0.241 e. The zero-order valence-electron chi connectivity index (χ0n) is 14.6. The molecule has 4 rings (SSSR count). The predicted octanol–water partition coefficient (Wildman–Crippen LogP) is 3.46. The molecule has 7 heteroatoms. The van der Waals surface area contributed by atoms with Crippen LogP contribution in [-0.2, 0) is 10.0 Å². The van der Waals surface area contributed by atoms with Gasteiger partial charge in [0.25, 0.3) is 0 Å². The molecule has 0 aliphatic carbocycles. The van der Waals surface area contributed by atoms with Gasteiger partial charge in [0.15, 0.2) is 0 Å². The average molecular weight is 378 g/mol. The molecule has 0 amide bonds. The molecular weight excluding hydrogens is 360 g/mol. The Kier molecular flexibility index (Phi) is 4.47. The van der Waals surface area contributed by atoms with E-state index in [-0.39, 0.29) is 10.9 Å². The zero-order chi connectivity index (χ0) is 18.9. The minimum Gasteiger partial charge on any atom is -0.223 e. The summed E-state index contributed by atoms with van der Waals surface area (Å²) in [5.41, 5.74) is 1.73. The van der Waals surface area contributed by atoms with Crippen molar-refractivity contribution in [2.45, 2.75) is 17.9 Å². The Hall–Kier alpha value is -3.03. The molecule has 136 valence electrons. The summed E-state index contributed by atoms with van der Waals surface area (Å²) in [4.78, 5) is 4.18. The van der Waals surface area contributed by atoms with Crippen LogP contribution in [0.1, 0.15) is 18.5 Å². The summed E-state index contributed by atoms with van der Waals surface area (Å²) >= 11 is 0. The molecule has 1 atom stereocenters. The third-order valence-electron chi connectivity index (χ3n) is 4.44. The average Bonchev–Trinajstić information content (AvgIpc) is 3.22. The van der Waals surface area contributed by atoms with Crippen LogP contribution in [0.25, 0.3) is 16.5 Å². The highest BCUT2D eigenvalue weighted by atomic mass is 32.2. The lowest BCUT2D eigenvalue weighted by Crippen LogP contribution is -2.26. The second-order valence-electron chi connectivity index (χ2n) is 6.28. The number of hydrogen-bond acceptors (Lipinski definition) is 4. The van der Waals surface area contributed by atoms with E-state index in [2.05, 4.69) is 14.8 Å². The molecule has 27 heavy (non-hydrogen) atoms. The van der Waals surface area contributed by atoms with Crippen LogP contribution >= 0.6 is 0 Å². The largest absolute Gasteiger partial charge is 0.241 e. The Bertz CT molecular complexity index is 1170. The molecule has 0 bridgehead atoms. The highest BCUT2D eigenvalue weighted by Gasteiger charge is 2.18. The number of nitrogens with one attached hydrogen (secondary N) is 1. The number of hydrogen-bond donors (Lipinski definition) is 1. The first-order valence-corrected chi connectivity index (χ1v) is 9.97. The first-order chi connectivity index (χ1) is 13.0. The van der Waals surface area contributed by atoms with Gasteiger partial charge >= 0.3 is 0 Å². The van der Waals surface area contributed by atoms with Crippen LogP contribution in [-0.4, -0.2) is 23.2 Å². The number of benzene rings is 3. The third kappa shape index (κ3) is 3.60. The van der Waals surface area contributed by atoms with Gasteiger partial charge in [-0.2, -0.15) is 5.10 Å². The number of aromatic nitrogens is 3. The molecular formula is C20H18N4O2S. The first kappa shape index (κ1) is 17.4. The van der Waals surface area contributed by atoms with Gasteiger partial charge < -0.3 is 0 Å². The summed E-state index contributed by atoms with van der Waals surface area (Å²) < 4.78 is 30.0. The van der Waals surface area contributed by atoms with Crippen LogP contribution < -0.4 is 4.72 Å². The summed E-state index contributed by atoms with van der Waals surface area (Å²) in [5.74, 6) is 0. The van der Waals surface area contributed by atoms with Gasteiger partial charge in [0.1, 0.15) is 12.7 Å². The number of nitrogens with zero attached hydrogens (tertiary/aromatic N) is 3. The van der Waals surface area contributed by atoms with Crippen LogP contribution in [0.5, 0.6) is 0 Å². The molecule has 0 fully saturated rings. The van der Waals surface area contributed by atoms with Gasteiger partial charge in [-0.15, -0.1) is 0 Å². The van der Waals surface area contributed by atoms with Crippen molar-refractivity contribution in [1.29, 1.82) is 0 Å². The quantitative estimate of drug-likeness (QED) is 0.577. The van der Waals surface area contributed by atoms with Crippen LogP contribution in [0.2, 0.25) is 0 Å². The van der Waals surface area contributed by atoms with Crippen LogP contribution in [0, 0.1) is 0 Å². The van der Waals surface area contributed by atoms with Crippen molar-refractivity contribution in [2.24, 2.45) is 0 Å². The fourth-order valence-corrected chi connectivity index (χ4v) is 4.23. The molecule has 0 saturated heterocycles. The standard InChI is InChI=1S/C20H18N4O2S/c1-15(16-6-9-19(10-7-16)24-14-21-13-22-24)23-27(25,26)20-11-8-17-4-2-3-5-18(17)12-20/h2-15,23H,1H3. The predicted molar refractivity (Wildman–Crippen MR) is 104 cm³/mol. The molecule has 1 unspecified atom stereocenters. The summed E-state index contributed by atoms with van der Waals surface area (Å²) in [6.07, 6.45) is 3.08. The molecule has 1 N–H and O–H groups in total. The molecule has 4 aromatic rings. The van der Waals surface area contributed by atoms with Gasteiger partial charge in [-0.1, -0.05) is 42.5 Å². The normalized spacial score (nSPS) is 12.9. The lowest BCUT2D eigenvalue weighted by Gasteiger charge is -2.15. The maximum absolute atomic E-state index is 12.8. The summed E-state index contributed by atoms with van der Waals surface area (Å²) in [7, 11) is -3.63. The van der Waals surface area contributed by atoms with Crippen molar-refractivity contribution in [3.05, 3.63) is 84.9 Å². The van der Waals surface area contributed by atoms with E-state index in [1.54, 1.807) is 23.1 Å². The van der Waals surface area contributed by atoms with Crippen molar-refractivity contribution in [2.75, 3.05) is 0 Å². The van der Waals surface area contributed by atoms with Crippen molar-refractivity contribution in [3.8, 4) is 5.69 Å². The molecule has 0 aliphatic rings. The van der Waals surface area contributed by atoms with Gasteiger partial charge in [0.2, 0.25) is 10.0 Å². The molecule has 6 nitrogen and oxygen atoms in total. The number of rotatable bonds is 5. The van der Waals surface area contributed by atoms with Crippen LogP contribution in [0.3, 0.4) is 0 Å². The first-order valence-electron chi connectivity index (χ1n) is 8.49. The SMILES string of the molecule is CC(NS(=O)(=O)c1ccc2ccccc2c1)c1ccc(-n2cncn2)cc1. The van der Waals surface area contributed by atoms with Gasteiger partial charge in [-0.25, -0.2) is 22.8 Å². The van der Waals surface area contributed by atoms with E-state index in [0.29, 0.717) is 0 Å². The summed E-state index contributed by atoms with van der Waals surface area (Å²) in [6.45, 7) is 1.82. The molecule has 1 heterocycles. The fourth-order valence-electron chi connectivity index (χ4n) is 2.96. The third-order valence-corrected chi connectivity index (χ3v) is 5.98. The van der Waals surface area contributed by atoms with E-state index in [9.17, 15) is 8.42 Å². The molecule has 3 aromatic carbocycles. The minimum absolute atomic E-state index is 0.257. The maximum atomic E-state index is 12.8. The van der Waals surface area contributed by atoms with Crippen molar-refractivity contribution < 1.29 is 8.42 Å². The van der Waals surface area contributed by atoms with E-state index in [4.69, 9.17) is 0 Å². The van der Waals surface area contributed by atoms with E-state index in [1.807, 2.05) is 61.5 Å². The summed E-state index contributed by atoms with van der Waals surface area (Å²) in [5, 5.41) is 5.98. The smallest absolute Gasteiger partial charge is 0.223 e. The summed E-state index contributed by atoms with van der Waals surface area (Å²) in [6, 6.07) is 20.0. The number of sulfonamides is 1. The number of fused-ring (bicyclic) bond motifs is 1. The minimum atomic E-state index is -3.63. The fraction of sp³-hybridized carbons (Fsp3) is 0.100.